The molecule has 0 atom stereocenters. The Labute approximate surface area is 154 Å². The van der Waals surface area contributed by atoms with Crippen molar-refractivity contribution in [2.45, 2.75) is 53.5 Å². The minimum absolute atomic E-state index is 0.0224. The number of hydrogen-bond acceptors (Lipinski definition) is 4. The molecule has 0 aliphatic carbocycles. The summed E-state index contributed by atoms with van der Waals surface area (Å²) in [7, 11) is 0. The summed E-state index contributed by atoms with van der Waals surface area (Å²) in [5.41, 5.74) is 2.16. The molecule has 2 aromatic rings. The fourth-order valence-corrected chi connectivity index (χ4v) is 2.56. The van der Waals surface area contributed by atoms with Gasteiger partial charge in [-0.3, -0.25) is 9.59 Å². The third-order valence-corrected chi connectivity index (χ3v) is 4.15. The van der Waals surface area contributed by atoms with Crippen LogP contribution in [0.5, 0.6) is 0 Å². The molecule has 142 valence electrons. The first kappa shape index (κ1) is 19.9. The lowest BCUT2D eigenvalue weighted by Crippen LogP contribution is -2.36. The molecule has 0 aromatic carbocycles. The first-order chi connectivity index (χ1) is 12.2. The van der Waals surface area contributed by atoms with Gasteiger partial charge in [-0.25, -0.2) is 9.67 Å². The SMILES string of the molecule is CC(C)C(=O)NCCNC(=O)c1cc(C(C)C)nc2c1cnn2C(C)C. The molecule has 2 amide bonds. The number of amides is 2. The van der Waals surface area contributed by atoms with Gasteiger partial charge < -0.3 is 10.6 Å². The predicted octanol–water partition coefficient (Wildman–Crippen LogP) is 2.64. The number of pyridine rings is 1. The van der Waals surface area contributed by atoms with Gasteiger partial charge in [0, 0.05) is 30.7 Å². The van der Waals surface area contributed by atoms with Gasteiger partial charge >= 0.3 is 0 Å². The van der Waals surface area contributed by atoms with E-state index < -0.39 is 0 Å². The topological polar surface area (TPSA) is 88.9 Å². The number of rotatable bonds is 7. The monoisotopic (exact) mass is 359 g/mol. The van der Waals surface area contributed by atoms with Gasteiger partial charge in [-0.2, -0.15) is 5.10 Å². The van der Waals surface area contributed by atoms with Crippen molar-refractivity contribution < 1.29 is 9.59 Å². The molecule has 2 aromatic heterocycles. The Hall–Kier alpha value is -2.44. The maximum atomic E-state index is 12.7. The molecule has 0 aliphatic rings. The Morgan fingerprint density at radius 3 is 2.31 bits per heavy atom. The van der Waals surface area contributed by atoms with Crippen LogP contribution in [0.2, 0.25) is 0 Å². The lowest BCUT2D eigenvalue weighted by atomic mass is 10.0. The van der Waals surface area contributed by atoms with Crippen molar-refractivity contribution in [3.8, 4) is 0 Å². The molecule has 0 aliphatic heterocycles. The molecule has 0 spiro atoms. The fourth-order valence-electron chi connectivity index (χ4n) is 2.56. The minimum atomic E-state index is -0.179. The molecule has 2 N–H and O–H groups in total. The van der Waals surface area contributed by atoms with Gasteiger partial charge in [0.1, 0.15) is 0 Å². The predicted molar refractivity (Wildman–Crippen MR) is 102 cm³/mol. The number of fused-ring (bicyclic) bond motifs is 1. The highest BCUT2D eigenvalue weighted by Gasteiger charge is 2.18. The van der Waals surface area contributed by atoms with Crippen molar-refractivity contribution in [1.82, 2.24) is 25.4 Å². The summed E-state index contributed by atoms with van der Waals surface area (Å²) in [5, 5.41) is 10.8. The number of nitrogens with zero attached hydrogens (tertiary/aromatic N) is 3. The fraction of sp³-hybridized carbons (Fsp3) is 0.579. The van der Waals surface area contributed by atoms with E-state index in [0.717, 1.165) is 16.7 Å². The van der Waals surface area contributed by atoms with E-state index in [1.54, 1.807) is 6.20 Å². The number of carbonyl (C=O) groups is 2. The van der Waals surface area contributed by atoms with E-state index in [-0.39, 0.29) is 29.7 Å². The highest BCUT2D eigenvalue weighted by atomic mass is 16.2. The molecule has 0 radical (unpaired) electrons. The second kappa shape index (κ2) is 8.29. The van der Waals surface area contributed by atoms with Crippen LogP contribution in [0.3, 0.4) is 0 Å². The standard InChI is InChI=1S/C19H29N5O2/c1-11(2)16-9-14(15-10-22-24(13(5)6)17(15)23-16)19(26)21-8-7-20-18(25)12(3)4/h9-13H,7-8H2,1-6H3,(H,20,25)(H,21,26). The molecule has 0 saturated carbocycles. The highest BCUT2D eigenvalue weighted by Crippen LogP contribution is 2.24. The van der Waals surface area contributed by atoms with Crippen LogP contribution in [0.4, 0.5) is 0 Å². The number of hydrogen-bond donors (Lipinski definition) is 2. The van der Waals surface area contributed by atoms with Crippen LogP contribution in [-0.2, 0) is 4.79 Å². The normalized spacial score (nSPS) is 11.6. The molecular formula is C19H29N5O2. The van der Waals surface area contributed by atoms with E-state index in [0.29, 0.717) is 18.7 Å². The molecule has 0 unspecified atom stereocenters. The van der Waals surface area contributed by atoms with E-state index in [4.69, 9.17) is 4.98 Å². The molecule has 0 fully saturated rings. The van der Waals surface area contributed by atoms with E-state index in [1.165, 1.54) is 0 Å². The van der Waals surface area contributed by atoms with Gasteiger partial charge in [-0.1, -0.05) is 27.7 Å². The third-order valence-electron chi connectivity index (χ3n) is 4.15. The maximum absolute atomic E-state index is 12.7. The first-order valence-electron chi connectivity index (χ1n) is 9.16. The summed E-state index contributed by atoms with van der Waals surface area (Å²) in [6, 6.07) is 1.99. The molecule has 0 bridgehead atoms. The van der Waals surface area contributed by atoms with Gasteiger partial charge in [0.25, 0.3) is 5.91 Å². The summed E-state index contributed by atoms with van der Waals surface area (Å²) in [5.74, 6) is -0.0694. The summed E-state index contributed by atoms with van der Waals surface area (Å²) in [6.07, 6.45) is 1.70. The van der Waals surface area contributed by atoms with Crippen LogP contribution in [0, 0.1) is 5.92 Å². The van der Waals surface area contributed by atoms with Crippen LogP contribution in [0.25, 0.3) is 11.0 Å². The molecule has 2 rings (SSSR count). The van der Waals surface area contributed by atoms with Crippen molar-refractivity contribution in [3.63, 3.8) is 0 Å². The van der Waals surface area contributed by atoms with Crippen LogP contribution in [0.1, 0.15) is 69.6 Å². The van der Waals surface area contributed by atoms with Crippen molar-refractivity contribution >= 4 is 22.8 Å². The lowest BCUT2D eigenvalue weighted by Gasteiger charge is -2.13. The van der Waals surface area contributed by atoms with Crippen LogP contribution >= 0.6 is 0 Å². The Balaban J connectivity index is 2.21. The highest BCUT2D eigenvalue weighted by molar-refractivity contribution is 6.05. The quantitative estimate of drug-likeness (QED) is 0.744. The molecule has 7 nitrogen and oxygen atoms in total. The van der Waals surface area contributed by atoms with E-state index in [9.17, 15) is 9.59 Å². The van der Waals surface area contributed by atoms with Gasteiger partial charge in [0.05, 0.1) is 17.1 Å². The summed E-state index contributed by atoms with van der Waals surface area (Å²) in [6.45, 7) is 12.6. The Kier molecular flexibility index (Phi) is 6.34. The Bertz CT molecular complexity index is 793. The largest absolute Gasteiger partial charge is 0.354 e. The second-order valence-corrected chi connectivity index (χ2v) is 7.37. The van der Waals surface area contributed by atoms with Gasteiger partial charge in [0.2, 0.25) is 5.91 Å². The zero-order valence-corrected chi connectivity index (χ0v) is 16.5. The van der Waals surface area contributed by atoms with Crippen molar-refractivity contribution in [2.24, 2.45) is 5.92 Å². The first-order valence-corrected chi connectivity index (χ1v) is 9.16. The minimum Gasteiger partial charge on any atom is -0.354 e. The van der Waals surface area contributed by atoms with Gasteiger partial charge in [-0.05, 0) is 25.8 Å². The number of nitrogens with one attached hydrogen (secondary N) is 2. The lowest BCUT2D eigenvalue weighted by molar-refractivity contribution is -0.123. The molecule has 26 heavy (non-hydrogen) atoms. The summed E-state index contributed by atoms with van der Waals surface area (Å²) < 4.78 is 1.83. The number of carbonyl (C=O) groups excluding carboxylic acids is 2. The van der Waals surface area contributed by atoms with E-state index >= 15 is 0 Å². The zero-order chi connectivity index (χ0) is 19.4. The maximum Gasteiger partial charge on any atom is 0.252 e. The summed E-state index contributed by atoms with van der Waals surface area (Å²) >= 11 is 0. The summed E-state index contributed by atoms with van der Waals surface area (Å²) in [4.78, 5) is 29.0. The van der Waals surface area contributed by atoms with E-state index in [1.807, 2.05) is 52.3 Å². The molecule has 0 saturated heterocycles. The van der Waals surface area contributed by atoms with Crippen molar-refractivity contribution in [1.29, 1.82) is 0 Å². The van der Waals surface area contributed by atoms with E-state index in [2.05, 4.69) is 15.7 Å². The van der Waals surface area contributed by atoms with Crippen molar-refractivity contribution in [3.05, 3.63) is 23.5 Å². The zero-order valence-electron chi connectivity index (χ0n) is 16.5. The van der Waals surface area contributed by atoms with Gasteiger partial charge in [0.15, 0.2) is 5.65 Å². The smallest absolute Gasteiger partial charge is 0.252 e. The average molecular weight is 359 g/mol. The molecule has 2 heterocycles. The Morgan fingerprint density at radius 2 is 1.73 bits per heavy atom. The molecular weight excluding hydrogens is 330 g/mol. The average Bonchev–Trinajstić information content (AvgIpc) is 3.01. The van der Waals surface area contributed by atoms with Gasteiger partial charge in [-0.15, -0.1) is 0 Å². The molecule has 7 heteroatoms. The van der Waals surface area contributed by atoms with Crippen LogP contribution < -0.4 is 10.6 Å². The van der Waals surface area contributed by atoms with Crippen molar-refractivity contribution in [2.75, 3.05) is 13.1 Å². The third kappa shape index (κ3) is 4.39. The Morgan fingerprint density at radius 1 is 1.08 bits per heavy atom. The second-order valence-electron chi connectivity index (χ2n) is 7.37. The van der Waals surface area contributed by atoms with Crippen LogP contribution in [-0.4, -0.2) is 39.7 Å². The van der Waals surface area contributed by atoms with Crippen LogP contribution in [0.15, 0.2) is 12.3 Å². The number of aromatic nitrogens is 3.